The normalized spacial score (nSPS) is 26.0. The van der Waals surface area contributed by atoms with Crippen LogP contribution >= 0.6 is 0 Å². The smallest absolute Gasteiger partial charge is 0.323 e. The third kappa shape index (κ3) is 3.44. The number of nitrogens with zero attached hydrogens (tertiary/aromatic N) is 1. The maximum absolute atomic E-state index is 12.2. The Morgan fingerprint density at radius 1 is 1.48 bits per heavy atom. The highest BCUT2D eigenvalue weighted by molar-refractivity contribution is 5.76. The zero-order valence-corrected chi connectivity index (χ0v) is 12.8. The molecule has 1 unspecified atom stereocenters. The summed E-state index contributed by atoms with van der Waals surface area (Å²) in [6, 6.07) is 12.4. The highest BCUT2D eigenvalue weighted by Crippen LogP contribution is 2.49. The summed E-state index contributed by atoms with van der Waals surface area (Å²) in [5.74, 6) is -0.466. The second-order valence-electron chi connectivity index (χ2n) is 6.19. The third-order valence-electron chi connectivity index (χ3n) is 4.55. The fraction of sp³-hybridized carbons (Fsp3) is 0.556. The lowest BCUT2D eigenvalue weighted by Gasteiger charge is -2.32. The molecular formula is C18H23NO2. The van der Waals surface area contributed by atoms with Gasteiger partial charge >= 0.3 is 5.97 Å². The Bertz CT molecular complexity index is 520. The van der Waals surface area contributed by atoms with E-state index >= 15 is 0 Å². The van der Waals surface area contributed by atoms with Crippen molar-refractivity contribution in [2.24, 2.45) is 17.3 Å². The molecule has 1 fully saturated rings. The molecule has 1 aromatic carbocycles. The van der Waals surface area contributed by atoms with Crippen molar-refractivity contribution in [2.75, 3.05) is 6.61 Å². The second-order valence-corrected chi connectivity index (χ2v) is 6.19. The molecule has 1 aromatic rings. The SMILES string of the molecule is CCOC(=O)C(C#N)[C@@]1(Cc2ccccc2)CC[C@H](C)C1. The molecule has 0 N–H and O–H groups in total. The molecule has 1 aliphatic carbocycles. The maximum atomic E-state index is 12.2. The Kier molecular flexibility index (Phi) is 5.01. The van der Waals surface area contributed by atoms with Crippen LogP contribution in [0.1, 0.15) is 38.7 Å². The van der Waals surface area contributed by atoms with Crippen molar-refractivity contribution < 1.29 is 9.53 Å². The van der Waals surface area contributed by atoms with Crippen LogP contribution in [-0.2, 0) is 16.0 Å². The topological polar surface area (TPSA) is 50.1 Å². The van der Waals surface area contributed by atoms with Crippen LogP contribution in [0, 0.1) is 28.6 Å². The first-order valence-corrected chi connectivity index (χ1v) is 7.71. The van der Waals surface area contributed by atoms with Gasteiger partial charge in [-0.15, -0.1) is 0 Å². The number of rotatable bonds is 5. The molecule has 0 saturated heterocycles. The molecule has 21 heavy (non-hydrogen) atoms. The van der Waals surface area contributed by atoms with E-state index in [0.717, 1.165) is 25.7 Å². The van der Waals surface area contributed by atoms with E-state index in [9.17, 15) is 10.1 Å². The van der Waals surface area contributed by atoms with Gasteiger partial charge in [0.25, 0.3) is 0 Å². The van der Waals surface area contributed by atoms with Gasteiger partial charge in [-0.2, -0.15) is 5.26 Å². The predicted octanol–water partition coefficient (Wildman–Crippen LogP) is 3.74. The minimum absolute atomic E-state index is 0.276. The Morgan fingerprint density at radius 3 is 2.71 bits per heavy atom. The molecule has 1 saturated carbocycles. The zero-order chi connectivity index (χ0) is 15.3. The first kappa shape index (κ1) is 15.6. The molecule has 0 bridgehead atoms. The van der Waals surface area contributed by atoms with Crippen LogP contribution in [0.3, 0.4) is 0 Å². The summed E-state index contributed by atoms with van der Waals surface area (Å²) >= 11 is 0. The van der Waals surface area contributed by atoms with E-state index in [-0.39, 0.29) is 11.4 Å². The number of ether oxygens (including phenoxy) is 1. The summed E-state index contributed by atoms with van der Waals surface area (Å²) in [5.41, 5.74) is 0.915. The molecule has 3 nitrogen and oxygen atoms in total. The molecule has 0 amide bonds. The van der Waals surface area contributed by atoms with Crippen LogP contribution in [0.5, 0.6) is 0 Å². The molecule has 0 heterocycles. The van der Waals surface area contributed by atoms with Gasteiger partial charge in [-0.05, 0) is 37.7 Å². The largest absolute Gasteiger partial charge is 0.465 e. The van der Waals surface area contributed by atoms with Crippen LogP contribution in [0.4, 0.5) is 0 Å². The molecule has 0 radical (unpaired) electrons. The molecule has 1 aliphatic rings. The average molecular weight is 285 g/mol. The van der Waals surface area contributed by atoms with Gasteiger partial charge in [-0.3, -0.25) is 4.79 Å². The molecule has 3 atom stereocenters. The predicted molar refractivity (Wildman–Crippen MR) is 81.3 cm³/mol. The number of nitriles is 1. The summed E-state index contributed by atoms with van der Waals surface area (Å²) in [6.07, 6.45) is 3.68. The highest BCUT2D eigenvalue weighted by Gasteiger charge is 2.48. The van der Waals surface area contributed by atoms with Gasteiger partial charge in [0.15, 0.2) is 0 Å². The lowest BCUT2D eigenvalue weighted by Crippen LogP contribution is -2.36. The van der Waals surface area contributed by atoms with Crippen molar-refractivity contribution in [3.05, 3.63) is 35.9 Å². The molecule has 3 heteroatoms. The van der Waals surface area contributed by atoms with Gasteiger partial charge in [-0.1, -0.05) is 43.7 Å². The number of carbonyl (C=O) groups is 1. The quantitative estimate of drug-likeness (QED) is 0.774. The van der Waals surface area contributed by atoms with E-state index in [1.165, 1.54) is 5.56 Å². The Balaban J connectivity index is 2.29. The van der Waals surface area contributed by atoms with Crippen LogP contribution in [0.25, 0.3) is 0 Å². The monoisotopic (exact) mass is 285 g/mol. The van der Waals surface area contributed by atoms with Crippen LogP contribution in [0.15, 0.2) is 30.3 Å². The van der Waals surface area contributed by atoms with Crippen LogP contribution < -0.4 is 0 Å². The van der Waals surface area contributed by atoms with Gasteiger partial charge in [-0.25, -0.2) is 0 Å². The number of hydrogen-bond acceptors (Lipinski definition) is 3. The van der Waals surface area contributed by atoms with Crippen molar-refractivity contribution in [1.82, 2.24) is 0 Å². The Hall–Kier alpha value is -1.82. The van der Waals surface area contributed by atoms with Gasteiger partial charge in [0.1, 0.15) is 5.92 Å². The van der Waals surface area contributed by atoms with Crippen molar-refractivity contribution in [2.45, 2.75) is 39.5 Å². The highest BCUT2D eigenvalue weighted by atomic mass is 16.5. The number of carbonyl (C=O) groups excluding carboxylic acids is 1. The minimum atomic E-state index is -0.664. The summed E-state index contributed by atoms with van der Waals surface area (Å²) in [6.45, 7) is 4.31. The summed E-state index contributed by atoms with van der Waals surface area (Å²) in [4.78, 5) is 12.2. The fourth-order valence-electron chi connectivity index (χ4n) is 3.62. The van der Waals surface area contributed by atoms with Gasteiger partial charge < -0.3 is 4.74 Å². The van der Waals surface area contributed by atoms with Crippen LogP contribution in [0.2, 0.25) is 0 Å². The molecule has 112 valence electrons. The molecule has 0 aromatic heterocycles. The number of esters is 1. The van der Waals surface area contributed by atoms with E-state index in [2.05, 4.69) is 25.1 Å². The Morgan fingerprint density at radius 2 is 2.19 bits per heavy atom. The van der Waals surface area contributed by atoms with E-state index < -0.39 is 5.92 Å². The van der Waals surface area contributed by atoms with E-state index in [0.29, 0.717) is 12.5 Å². The number of benzene rings is 1. The first-order chi connectivity index (χ1) is 10.1. The summed E-state index contributed by atoms with van der Waals surface area (Å²) in [7, 11) is 0. The lowest BCUT2D eigenvalue weighted by molar-refractivity contribution is -0.150. The summed E-state index contributed by atoms with van der Waals surface area (Å²) in [5, 5.41) is 9.56. The van der Waals surface area contributed by atoms with E-state index in [1.54, 1.807) is 6.92 Å². The first-order valence-electron chi connectivity index (χ1n) is 7.71. The summed E-state index contributed by atoms with van der Waals surface area (Å²) < 4.78 is 5.14. The lowest BCUT2D eigenvalue weighted by atomic mass is 9.70. The van der Waals surface area contributed by atoms with Crippen molar-refractivity contribution in [1.29, 1.82) is 5.26 Å². The van der Waals surface area contributed by atoms with Crippen LogP contribution in [-0.4, -0.2) is 12.6 Å². The number of hydrogen-bond donors (Lipinski definition) is 0. The minimum Gasteiger partial charge on any atom is -0.465 e. The van der Waals surface area contributed by atoms with Gasteiger partial charge in [0, 0.05) is 5.41 Å². The van der Waals surface area contributed by atoms with E-state index in [1.807, 2.05) is 18.2 Å². The molecular weight excluding hydrogens is 262 g/mol. The molecule has 2 rings (SSSR count). The standard InChI is InChI=1S/C18H23NO2/c1-3-21-17(20)16(13-19)18(10-9-14(2)11-18)12-15-7-5-4-6-8-15/h4-8,14,16H,3,9-12H2,1-2H3/t14-,16?,18-/m0/s1. The van der Waals surface area contributed by atoms with Gasteiger partial charge in [0.2, 0.25) is 0 Å². The molecule has 0 spiro atoms. The Labute approximate surface area is 126 Å². The molecule has 0 aliphatic heterocycles. The zero-order valence-electron chi connectivity index (χ0n) is 12.8. The second kappa shape index (κ2) is 6.76. The van der Waals surface area contributed by atoms with Crippen molar-refractivity contribution in [3.8, 4) is 6.07 Å². The van der Waals surface area contributed by atoms with Gasteiger partial charge in [0.05, 0.1) is 12.7 Å². The third-order valence-corrected chi connectivity index (χ3v) is 4.55. The average Bonchev–Trinajstić information content (AvgIpc) is 2.83. The van der Waals surface area contributed by atoms with E-state index in [4.69, 9.17) is 4.74 Å². The fourth-order valence-corrected chi connectivity index (χ4v) is 3.62. The van der Waals surface area contributed by atoms with Crippen molar-refractivity contribution in [3.63, 3.8) is 0 Å². The van der Waals surface area contributed by atoms with Crippen molar-refractivity contribution >= 4 is 5.97 Å². The maximum Gasteiger partial charge on any atom is 0.323 e.